The molecule has 0 aromatic heterocycles. The maximum Gasteiger partial charge on any atom is 0.115 e. The van der Waals surface area contributed by atoms with Crippen LogP contribution in [-0.2, 0) is 6.04 Å². The third-order valence-electron chi connectivity index (χ3n) is 3.25. The fourth-order valence-corrected chi connectivity index (χ4v) is 4.29. The van der Waals surface area contributed by atoms with Crippen LogP contribution in [0.4, 0.5) is 0 Å². The molecule has 2 aromatic carbocycles. The van der Waals surface area contributed by atoms with Crippen LogP contribution in [0.15, 0.2) is 48.5 Å². The standard InChI is InChI=1S/C15H18OSi/c1-12-5-3-4-6-13(12)11-17(2)15-9-7-14(16)8-10-15/h3-10,16-17H,11H2,1-2H3. The second-order valence-electron chi connectivity index (χ2n) is 4.62. The highest BCUT2D eigenvalue weighted by Gasteiger charge is 2.09. The summed E-state index contributed by atoms with van der Waals surface area (Å²) >= 11 is 0. The Morgan fingerprint density at radius 2 is 1.65 bits per heavy atom. The van der Waals surface area contributed by atoms with Gasteiger partial charge in [-0.1, -0.05) is 48.1 Å². The van der Waals surface area contributed by atoms with Crippen LogP contribution >= 0.6 is 0 Å². The van der Waals surface area contributed by atoms with Gasteiger partial charge < -0.3 is 5.11 Å². The number of hydrogen-bond donors (Lipinski definition) is 1. The third kappa shape index (κ3) is 2.98. The van der Waals surface area contributed by atoms with E-state index in [2.05, 4.69) is 49.9 Å². The Bertz CT molecular complexity index is 491. The minimum absolute atomic E-state index is 0.353. The van der Waals surface area contributed by atoms with Gasteiger partial charge in [0.2, 0.25) is 0 Å². The van der Waals surface area contributed by atoms with Gasteiger partial charge in [-0.3, -0.25) is 0 Å². The van der Waals surface area contributed by atoms with E-state index < -0.39 is 8.80 Å². The molecule has 0 amide bonds. The molecule has 88 valence electrons. The zero-order chi connectivity index (χ0) is 12.3. The van der Waals surface area contributed by atoms with Gasteiger partial charge in [0.1, 0.15) is 5.75 Å². The molecule has 1 nitrogen and oxygen atoms in total. The molecule has 0 aliphatic rings. The van der Waals surface area contributed by atoms with Crippen molar-refractivity contribution < 1.29 is 5.11 Å². The Hall–Kier alpha value is -1.54. The quantitative estimate of drug-likeness (QED) is 0.820. The Kier molecular flexibility index (Phi) is 3.64. The molecule has 0 spiro atoms. The van der Waals surface area contributed by atoms with E-state index in [0.717, 1.165) is 0 Å². The van der Waals surface area contributed by atoms with Crippen molar-refractivity contribution in [2.45, 2.75) is 19.5 Å². The maximum absolute atomic E-state index is 9.29. The van der Waals surface area contributed by atoms with Gasteiger partial charge in [-0.2, -0.15) is 0 Å². The summed E-state index contributed by atoms with van der Waals surface area (Å²) < 4.78 is 0. The molecule has 0 saturated heterocycles. The predicted octanol–water partition coefficient (Wildman–Crippen LogP) is 2.55. The van der Waals surface area contributed by atoms with E-state index >= 15 is 0 Å². The maximum atomic E-state index is 9.29. The van der Waals surface area contributed by atoms with Gasteiger partial charge in [0.25, 0.3) is 0 Å². The summed E-state index contributed by atoms with van der Waals surface area (Å²) in [6, 6.07) is 17.5. The molecule has 0 fully saturated rings. The molecule has 0 bridgehead atoms. The summed E-state index contributed by atoms with van der Waals surface area (Å²) in [7, 11) is -0.947. The molecule has 2 heteroatoms. The highest BCUT2D eigenvalue weighted by atomic mass is 28.3. The highest BCUT2D eigenvalue weighted by molar-refractivity contribution is 6.71. The van der Waals surface area contributed by atoms with Crippen molar-refractivity contribution in [2.24, 2.45) is 0 Å². The van der Waals surface area contributed by atoms with Crippen LogP contribution in [0.5, 0.6) is 5.75 Å². The number of aryl methyl sites for hydroxylation is 1. The third-order valence-corrected chi connectivity index (χ3v) is 5.82. The van der Waals surface area contributed by atoms with Crippen molar-refractivity contribution >= 4 is 14.0 Å². The van der Waals surface area contributed by atoms with Crippen LogP contribution in [0.1, 0.15) is 11.1 Å². The van der Waals surface area contributed by atoms with Crippen molar-refractivity contribution in [1.82, 2.24) is 0 Å². The van der Waals surface area contributed by atoms with E-state index in [1.807, 2.05) is 0 Å². The Morgan fingerprint density at radius 3 is 2.29 bits per heavy atom. The van der Waals surface area contributed by atoms with E-state index in [-0.39, 0.29) is 0 Å². The first-order valence-electron chi connectivity index (χ1n) is 6.00. The van der Waals surface area contributed by atoms with Crippen LogP contribution < -0.4 is 5.19 Å². The summed E-state index contributed by atoms with van der Waals surface area (Å²) in [5.41, 5.74) is 2.84. The molecule has 1 unspecified atom stereocenters. The van der Waals surface area contributed by atoms with Crippen LogP contribution in [0.25, 0.3) is 0 Å². The number of phenols is 1. The lowest BCUT2D eigenvalue weighted by molar-refractivity contribution is 0.475. The molecule has 0 aliphatic heterocycles. The first kappa shape index (κ1) is 11.9. The van der Waals surface area contributed by atoms with E-state index in [1.165, 1.54) is 22.4 Å². The van der Waals surface area contributed by atoms with Crippen LogP contribution in [0, 0.1) is 6.92 Å². The number of benzene rings is 2. The second-order valence-corrected chi connectivity index (χ2v) is 7.50. The highest BCUT2D eigenvalue weighted by Crippen LogP contribution is 2.10. The summed E-state index contributed by atoms with van der Waals surface area (Å²) in [6.45, 7) is 4.53. The van der Waals surface area contributed by atoms with Crippen molar-refractivity contribution in [3.63, 3.8) is 0 Å². The average Bonchev–Trinajstić information content (AvgIpc) is 2.33. The fourth-order valence-electron chi connectivity index (χ4n) is 2.09. The molecule has 0 radical (unpaired) electrons. The van der Waals surface area contributed by atoms with Crippen molar-refractivity contribution in [2.75, 3.05) is 0 Å². The summed E-state index contributed by atoms with van der Waals surface area (Å²) in [5, 5.41) is 10.7. The zero-order valence-corrected chi connectivity index (χ0v) is 11.5. The minimum Gasteiger partial charge on any atom is -0.508 e. The first-order chi connectivity index (χ1) is 8.16. The number of phenolic OH excluding ortho intramolecular Hbond substituents is 1. The normalized spacial score (nSPS) is 12.4. The van der Waals surface area contributed by atoms with E-state index in [9.17, 15) is 5.11 Å². The van der Waals surface area contributed by atoms with Crippen molar-refractivity contribution in [3.8, 4) is 5.75 Å². The van der Waals surface area contributed by atoms with Crippen molar-refractivity contribution in [1.29, 1.82) is 0 Å². The topological polar surface area (TPSA) is 20.2 Å². The van der Waals surface area contributed by atoms with E-state index in [1.54, 1.807) is 12.1 Å². The predicted molar refractivity (Wildman–Crippen MR) is 75.6 cm³/mol. The molecule has 17 heavy (non-hydrogen) atoms. The van der Waals surface area contributed by atoms with E-state index in [0.29, 0.717) is 5.75 Å². The Balaban J connectivity index is 2.14. The van der Waals surface area contributed by atoms with Crippen LogP contribution in [0.2, 0.25) is 6.55 Å². The van der Waals surface area contributed by atoms with Gasteiger partial charge in [0, 0.05) is 0 Å². The molecular weight excluding hydrogens is 224 g/mol. The van der Waals surface area contributed by atoms with Gasteiger partial charge in [-0.25, -0.2) is 0 Å². The molecule has 1 atom stereocenters. The molecule has 2 rings (SSSR count). The fraction of sp³-hybridized carbons (Fsp3) is 0.200. The lowest BCUT2D eigenvalue weighted by atomic mass is 10.1. The van der Waals surface area contributed by atoms with E-state index in [4.69, 9.17) is 0 Å². The molecule has 0 heterocycles. The zero-order valence-electron chi connectivity index (χ0n) is 10.4. The number of hydrogen-bond acceptors (Lipinski definition) is 1. The average molecular weight is 242 g/mol. The Labute approximate surface area is 104 Å². The second kappa shape index (κ2) is 5.19. The largest absolute Gasteiger partial charge is 0.508 e. The lowest BCUT2D eigenvalue weighted by Crippen LogP contribution is -2.29. The smallest absolute Gasteiger partial charge is 0.115 e. The Morgan fingerprint density at radius 1 is 1.00 bits per heavy atom. The SMILES string of the molecule is Cc1ccccc1C[SiH](C)c1ccc(O)cc1. The van der Waals surface area contributed by atoms with Gasteiger partial charge in [0.05, 0.1) is 8.80 Å². The van der Waals surface area contributed by atoms with Gasteiger partial charge >= 0.3 is 0 Å². The summed E-state index contributed by atoms with van der Waals surface area (Å²) in [4.78, 5) is 0. The molecular formula is C15H18OSi. The minimum atomic E-state index is -0.947. The van der Waals surface area contributed by atoms with Crippen molar-refractivity contribution in [3.05, 3.63) is 59.7 Å². The molecule has 0 aliphatic carbocycles. The first-order valence-corrected chi connectivity index (χ1v) is 8.55. The lowest BCUT2D eigenvalue weighted by Gasteiger charge is -2.12. The monoisotopic (exact) mass is 242 g/mol. The summed E-state index contributed by atoms with van der Waals surface area (Å²) in [6.07, 6.45) is 0. The molecule has 2 aromatic rings. The summed E-state index contributed by atoms with van der Waals surface area (Å²) in [5.74, 6) is 0.353. The van der Waals surface area contributed by atoms with Crippen LogP contribution in [-0.4, -0.2) is 13.9 Å². The van der Waals surface area contributed by atoms with Gasteiger partial charge in [-0.05, 0) is 36.2 Å². The van der Waals surface area contributed by atoms with Crippen LogP contribution in [0.3, 0.4) is 0 Å². The number of aromatic hydroxyl groups is 1. The number of rotatable bonds is 3. The molecule has 1 N–H and O–H groups in total. The van der Waals surface area contributed by atoms with Gasteiger partial charge in [-0.15, -0.1) is 0 Å². The van der Waals surface area contributed by atoms with Gasteiger partial charge in [0.15, 0.2) is 0 Å². The molecule has 0 saturated carbocycles.